The number of benzene rings is 1. The van der Waals surface area contributed by atoms with Crippen LogP contribution in [0.25, 0.3) is 0 Å². The minimum absolute atomic E-state index is 0.163. The highest BCUT2D eigenvalue weighted by atomic mass is 32.1. The van der Waals surface area contributed by atoms with Crippen molar-refractivity contribution >= 4 is 28.2 Å². The quantitative estimate of drug-likeness (QED) is 0.856. The van der Waals surface area contributed by atoms with Crippen LogP contribution < -0.4 is 10.1 Å². The van der Waals surface area contributed by atoms with Gasteiger partial charge >= 0.3 is 0 Å². The Labute approximate surface area is 131 Å². The van der Waals surface area contributed by atoms with Gasteiger partial charge in [0.05, 0.1) is 5.56 Å². The number of carbonyl (C=O) groups excluding carboxylic acids is 2. The van der Waals surface area contributed by atoms with Crippen LogP contribution in [0.3, 0.4) is 0 Å². The van der Waals surface area contributed by atoms with Crippen LogP contribution in [0, 0.1) is 11.3 Å². The summed E-state index contributed by atoms with van der Waals surface area (Å²) in [5.41, 5.74) is 0.666. The maximum Gasteiger partial charge on any atom is 0.266 e. The summed E-state index contributed by atoms with van der Waals surface area (Å²) in [6, 6.07) is 8.68. The molecule has 0 unspecified atom stereocenters. The van der Waals surface area contributed by atoms with Crippen LogP contribution in [0.2, 0.25) is 0 Å². The molecule has 1 atom stereocenters. The first kappa shape index (κ1) is 15.7. The van der Waals surface area contributed by atoms with Crippen LogP contribution >= 0.6 is 11.3 Å². The lowest BCUT2D eigenvalue weighted by molar-refractivity contribution is -0.122. The zero-order valence-electron chi connectivity index (χ0n) is 12.0. The summed E-state index contributed by atoms with van der Waals surface area (Å²) in [6.07, 6.45) is -0.806. The maximum atomic E-state index is 12.1. The number of nitriles is 1. The van der Waals surface area contributed by atoms with Crippen molar-refractivity contribution in [2.45, 2.75) is 20.0 Å². The monoisotopic (exact) mass is 315 g/mol. The average Bonchev–Trinajstić information content (AvgIpc) is 2.96. The van der Waals surface area contributed by atoms with Crippen molar-refractivity contribution in [3.05, 3.63) is 40.9 Å². The van der Waals surface area contributed by atoms with Crippen molar-refractivity contribution in [2.75, 3.05) is 5.32 Å². The molecule has 0 fully saturated rings. The van der Waals surface area contributed by atoms with Crippen molar-refractivity contribution < 1.29 is 14.3 Å². The molecular weight excluding hydrogens is 302 g/mol. The number of thiazole rings is 1. The Balaban J connectivity index is 2.03. The van der Waals surface area contributed by atoms with E-state index in [1.165, 1.54) is 18.3 Å². The summed E-state index contributed by atoms with van der Waals surface area (Å²) < 4.78 is 5.50. The molecule has 0 aliphatic carbocycles. The van der Waals surface area contributed by atoms with E-state index in [0.717, 1.165) is 0 Å². The maximum absolute atomic E-state index is 12.1. The predicted octanol–water partition coefficient (Wildman–Crippen LogP) is 2.62. The van der Waals surface area contributed by atoms with Gasteiger partial charge in [-0.2, -0.15) is 5.26 Å². The molecule has 22 heavy (non-hydrogen) atoms. The number of nitrogens with one attached hydrogen (secondary N) is 1. The first-order valence-corrected chi connectivity index (χ1v) is 7.32. The predicted molar refractivity (Wildman–Crippen MR) is 82.0 cm³/mol. The fourth-order valence-corrected chi connectivity index (χ4v) is 2.36. The highest BCUT2D eigenvalue weighted by Gasteiger charge is 2.18. The van der Waals surface area contributed by atoms with Gasteiger partial charge in [-0.25, -0.2) is 4.98 Å². The van der Waals surface area contributed by atoms with Gasteiger partial charge in [-0.3, -0.25) is 14.9 Å². The molecule has 0 aliphatic rings. The molecule has 1 amide bonds. The van der Waals surface area contributed by atoms with Crippen LogP contribution in [0.1, 0.15) is 29.9 Å². The third kappa shape index (κ3) is 3.68. The first-order valence-electron chi connectivity index (χ1n) is 6.44. The Morgan fingerprint density at radius 2 is 2.14 bits per heavy atom. The van der Waals surface area contributed by atoms with Gasteiger partial charge in [0, 0.05) is 12.3 Å². The number of amides is 1. The topological polar surface area (TPSA) is 92.1 Å². The van der Waals surface area contributed by atoms with Gasteiger partial charge in [-0.1, -0.05) is 12.1 Å². The molecule has 1 N–H and O–H groups in total. The summed E-state index contributed by atoms with van der Waals surface area (Å²) in [5, 5.41) is 13.5. The summed E-state index contributed by atoms with van der Waals surface area (Å²) in [6.45, 7) is 2.98. The van der Waals surface area contributed by atoms with Gasteiger partial charge in [0.15, 0.2) is 17.0 Å². The van der Waals surface area contributed by atoms with E-state index in [0.29, 0.717) is 22.1 Å². The smallest absolute Gasteiger partial charge is 0.266 e. The van der Waals surface area contributed by atoms with E-state index in [1.807, 2.05) is 6.07 Å². The summed E-state index contributed by atoms with van der Waals surface area (Å²) >= 11 is 1.17. The molecule has 0 saturated heterocycles. The van der Waals surface area contributed by atoms with Crippen LogP contribution in [0.4, 0.5) is 5.13 Å². The highest BCUT2D eigenvalue weighted by molar-refractivity contribution is 7.14. The van der Waals surface area contributed by atoms with E-state index in [1.54, 1.807) is 36.6 Å². The van der Waals surface area contributed by atoms with Crippen LogP contribution in [-0.2, 0) is 4.79 Å². The van der Waals surface area contributed by atoms with Gasteiger partial charge in [0.25, 0.3) is 5.91 Å². The van der Waals surface area contributed by atoms with Crippen LogP contribution in [-0.4, -0.2) is 22.8 Å². The Hall–Kier alpha value is -2.72. The SMILES string of the molecule is CC(=O)c1csc(NC(=O)[C@@H](C)Oc2ccccc2C#N)n1. The van der Waals surface area contributed by atoms with E-state index in [4.69, 9.17) is 10.00 Å². The van der Waals surface area contributed by atoms with E-state index in [2.05, 4.69) is 10.3 Å². The van der Waals surface area contributed by atoms with Crippen LogP contribution in [0.5, 0.6) is 5.75 Å². The van der Waals surface area contributed by atoms with Crippen molar-refractivity contribution in [2.24, 2.45) is 0 Å². The minimum atomic E-state index is -0.806. The van der Waals surface area contributed by atoms with Gasteiger partial charge in [-0.15, -0.1) is 11.3 Å². The molecule has 2 rings (SSSR count). The number of aromatic nitrogens is 1. The second kappa shape index (κ2) is 6.83. The molecule has 112 valence electrons. The van der Waals surface area contributed by atoms with Gasteiger partial charge in [0.2, 0.25) is 0 Å². The zero-order chi connectivity index (χ0) is 16.1. The van der Waals surface area contributed by atoms with Crippen molar-refractivity contribution in [3.8, 4) is 11.8 Å². The van der Waals surface area contributed by atoms with Gasteiger partial charge in [0.1, 0.15) is 17.5 Å². The summed E-state index contributed by atoms with van der Waals surface area (Å²) in [4.78, 5) is 27.2. The van der Waals surface area contributed by atoms with Gasteiger partial charge < -0.3 is 4.74 Å². The summed E-state index contributed by atoms with van der Waals surface area (Å²) in [7, 11) is 0. The molecule has 0 bridgehead atoms. The lowest BCUT2D eigenvalue weighted by atomic mass is 10.2. The number of rotatable bonds is 5. The van der Waals surface area contributed by atoms with Crippen LogP contribution in [0.15, 0.2) is 29.6 Å². The number of hydrogen-bond donors (Lipinski definition) is 1. The number of ether oxygens (including phenoxy) is 1. The minimum Gasteiger partial charge on any atom is -0.480 e. The molecule has 7 heteroatoms. The number of anilines is 1. The van der Waals surface area contributed by atoms with Crippen molar-refractivity contribution in [1.82, 2.24) is 4.98 Å². The molecule has 0 radical (unpaired) electrons. The molecule has 0 saturated carbocycles. The summed E-state index contributed by atoms with van der Waals surface area (Å²) in [5.74, 6) is -0.225. The molecule has 1 heterocycles. The molecule has 1 aromatic carbocycles. The number of para-hydroxylation sites is 1. The molecule has 0 spiro atoms. The largest absolute Gasteiger partial charge is 0.480 e. The Kier molecular flexibility index (Phi) is 4.86. The normalized spacial score (nSPS) is 11.3. The second-order valence-corrected chi connectivity index (χ2v) is 5.31. The fraction of sp³-hybridized carbons (Fsp3) is 0.200. The number of hydrogen-bond acceptors (Lipinski definition) is 6. The van der Waals surface area contributed by atoms with Gasteiger partial charge in [-0.05, 0) is 19.1 Å². The highest BCUT2D eigenvalue weighted by Crippen LogP contribution is 2.20. The zero-order valence-corrected chi connectivity index (χ0v) is 12.8. The standard InChI is InChI=1S/C15H13N3O3S/c1-9(19)12-8-22-15(17-12)18-14(20)10(2)21-13-6-4-3-5-11(13)7-16/h3-6,8,10H,1-2H3,(H,17,18,20)/t10-/m1/s1. The third-order valence-electron chi connectivity index (χ3n) is 2.78. The Morgan fingerprint density at radius 1 is 1.41 bits per heavy atom. The second-order valence-electron chi connectivity index (χ2n) is 4.45. The van der Waals surface area contributed by atoms with E-state index in [9.17, 15) is 9.59 Å². The fourth-order valence-electron chi connectivity index (χ4n) is 1.61. The van der Waals surface area contributed by atoms with Crippen molar-refractivity contribution in [3.63, 3.8) is 0 Å². The van der Waals surface area contributed by atoms with E-state index in [-0.39, 0.29) is 5.78 Å². The lowest BCUT2D eigenvalue weighted by Crippen LogP contribution is -2.30. The van der Waals surface area contributed by atoms with Crippen molar-refractivity contribution in [1.29, 1.82) is 5.26 Å². The number of carbonyl (C=O) groups is 2. The molecule has 6 nitrogen and oxygen atoms in total. The van der Waals surface area contributed by atoms with E-state index < -0.39 is 12.0 Å². The third-order valence-corrected chi connectivity index (χ3v) is 3.53. The molecule has 2 aromatic rings. The van der Waals surface area contributed by atoms with E-state index >= 15 is 0 Å². The number of nitrogens with zero attached hydrogens (tertiary/aromatic N) is 2. The molecular formula is C15H13N3O3S. The Bertz CT molecular complexity index is 748. The molecule has 1 aromatic heterocycles. The number of Topliss-reactive ketones (excluding diaryl/α,β-unsaturated/α-hetero) is 1. The first-order chi connectivity index (χ1) is 10.5. The lowest BCUT2D eigenvalue weighted by Gasteiger charge is -2.14. The Morgan fingerprint density at radius 3 is 2.77 bits per heavy atom. The molecule has 0 aliphatic heterocycles. The average molecular weight is 315 g/mol. The number of ketones is 1.